The number of imidazole rings is 1. The van der Waals surface area contributed by atoms with E-state index in [0.717, 1.165) is 77.9 Å². The molecule has 7 rings (SSSR count). The zero-order chi connectivity index (χ0) is 30.2. The number of anilines is 2. The Bertz CT molecular complexity index is 1970. The van der Waals surface area contributed by atoms with Gasteiger partial charge in [0.2, 0.25) is 0 Å². The molecule has 0 unspecified atom stereocenters. The van der Waals surface area contributed by atoms with E-state index < -0.39 is 0 Å². The van der Waals surface area contributed by atoms with Crippen molar-refractivity contribution < 1.29 is 4.79 Å². The minimum absolute atomic E-state index is 0.171. The third kappa shape index (κ3) is 5.17. The highest BCUT2D eigenvalue weighted by Crippen LogP contribution is 2.36. The van der Waals surface area contributed by atoms with Crippen LogP contribution < -0.4 is 10.2 Å². The van der Waals surface area contributed by atoms with Gasteiger partial charge in [0.05, 0.1) is 23.1 Å². The maximum Gasteiger partial charge on any atom is 0.255 e. The Morgan fingerprint density at radius 1 is 0.977 bits per heavy atom. The van der Waals surface area contributed by atoms with Crippen LogP contribution in [0.2, 0.25) is 0 Å². The Morgan fingerprint density at radius 2 is 1.80 bits per heavy atom. The molecule has 0 atom stereocenters. The summed E-state index contributed by atoms with van der Waals surface area (Å²) in [4.78, 5) is 35.2. The number of aromatic amines is 1. The van der Waals surface area contributed by atoms with Gasteiger partial charge in [-0.2, -0.15) is 5.10 Å². The third-order valence-corrected chi connectivity index (χ3v) is 8.34. The minimum atomic E-state index is -0.171. The van der Waals surface area contributed by atoms with Gasteiger partial charge in [0.1, 0.15) is 11.2 Å². The Balaban J connectivity index is 1.30. The number of carbonyl (C=O) groups is 1. The Hall–Kier alpha value is -5.09. The number of nitrogens with zero attached hydrogens (tertiary/aromatic N) is 7. The molecule has 10 nitrogen and oxygen atoms in total. The maximum atomic E-state index is 12.8. The van der Waals surface area contributed by atoms with Gasteiger partial charge in [0.15, 0.2) is 11.5 Å². The van der Waals surface area contributed by atoms with E-state index >= 15 is 0 Å². The minimum Gasteiger partial charge on any atom is -0.367 e. The first-order chi connectivity index (χ1) is 21.5. The number of aryl methyl sites for hydroxylation is 2. The fraction of sp³-hybridized carbons (Fsp3) is 0.265. The number of likely N-dealkylation sites (N-methyl/N-ethyl adjacent to an activating group) is 1. The molecular weight excluding hydrogens is 550 g/mol. The molecule has 5 heterocycles. The number of carbonyl (C=O) groups excluding carboxylic acids is 1. The average Bonchev–Trinajstić information content (AvgIpc) is 3.63. The second-order valence-electron chi connectivity index (χ2n) is 11.4. The number of nitrogens with one attached hydrogen (secondary N) is 2. The lowest BCUT2D eigenvalue weighted by molar-refractivity contribution is 0.102. The number of hydrogen-bond acceptors (Lipinski definition) is 7. The number of H-pyrrole nitrogens is 1. The van der Waals surface area contributed by atoms with E-state index in [1.165, 1.54) is 5.56 Å². The molecule has 222 valence electrons. The lowest BCUT2D eigenvalue weighted by atomic mass is 9.97. The van der Waals surface area contributed by atoms with Crippen molar-refractivity contribution in [1.29, 1.82) is 0 Å². The van der Waals surface area contributed by atoms with Crippen molar-refractivity contribution in [3.8, 4) is 22.6 Å². The van der Waals surface area contributed by atoms with Crippen LogP contribution in [0.1, 0.15) is 29.3 Å². The maximum absolute atomic E-state index is 12.8. The van der Waals surface area contributed by atoms with Crippen LogP contribution in [-0.4, -0.2) is 73.8 Å². The highest BCUT2D eigenvalue weighted by molar-refractivity contribution is 6.04. The summed E-state index contributed by atoms with van der Waals surface area (Å²) in [6, 6.07) is 17.6. The quantitative estimate of drug-likeness (QED) is 0.254. The van der Waals surface area contributed by atoms with Crippen LogP contribution in [-0.2, 0) is 13.5 Å². The van der Waals surface area contributed by atoms with Gasteiger partial charge >= 0.3 is 0 Å². The van der Waals surface area contributed by atoms with Crippen molar-refractivity contribution >= 4 is 39.3 Å². The largest absolute Gasteiger partial charge is 0.367 e. The van der Waals surface area contributed by atoms with Crippen LogP contribution >= 0.6 is 0 Å². The molecule has 6 aromatic rings. The number of aromatic nitrogens is 6. The highest BCUT2D eigenvalue weighted by atomic mass is 16.1. The molecule has 44 heavy (non-hydrogen) atoms. The normalized spacial score (nSPS) is 14.0. The van der Waals surface area contributed by atoms with Gasteiger partial charge in [0, 0.05) is 62.1 Å². The number of amides is 1. The van der Waals surface area contributed by atoms with Crippen LogP contribution in [0.25, 0.3) is 44.7 Å². The van der Waals surface area contributed by atoms with Gasteiger partial charge in [-0.05, 0) is 61.0 Å². The van der Waals surface area contributed by atoms with Crippen LogP contribution in [0, 0.1) is 0 Å². The topological polar surface area (TPSA) is 108 Å². The van der Waals surface area contributed by atoms with Crippen LogP contribution in [0.15, 0.2) is 73.2 Å². The predicted octanol–water partition coefficient (Wildman–Crippen LogP) is 5.53. The number of hydrogen-bond donors (Lipinski definition) is 2. The van der Waals surface area contributed by atoms with Crippen molar-refractivity contribution in [1.82, 2.24) is 34.6 Å². The molecule has 0 radical (unpaired) electrons. The van der Waals surface area contributed by atoms with Gasteiger partial charge in [-0.1, -0.05) is 31.5 Å². The molecule has 1 amide bonds. The summed E-state index contributed by atoms with van der Waals surface area (Å²) in [7, 11) is 4.15. The van der Waals surface area contributed by atoms with Gasteiger partial charge in [-0.25, -0.2) is 9.97 Å². The van der Waals surface area contributed by atoms with Gasteiger partial charge in [-0.15, -0.1) is 0 Å². The van der Waals surface area contributed by atoms with Crippen LogP contribution in [0.4, 0.5) is 11.4 Å². The number of piperazine rings is 1. The molecule has 0 saturated carbocycles. The summed E-state index contributed by atoms with van der Waals surface area (Å²) in [5.41, 5.74) is 8.96. The first-order valence-corrected chi connectivity index (χ1v) is 15.1. The second kappa shape index (κ2) is 11.5. The van der Waals surface area contributed by atoms with E-state index in [0.29, 0.717) is 22.7 Å². The van der Waals surface area contributed by atoms with Crippen molar-refractivity contribution in [2.75, 3.05) is 43.4 Å². The molecule has 1 saturated heterocycles. The molecule has 1 aliphatic rings. The molecule has 4 aromatic heterocycles. The number of pyridine rings is 2. The van der Waals surface area contributed by atoms with Crippen LogP contribution in [0.3, 0.4) is 0 Å². The fourth-order valence-electron chi connectivity index (χ4n) is 6.09. The number of rotatable bonds is 7. The Morgan fingerprint density at radius 3 is 2.59 bits per heavy atom. The summed E-state index contributed by atoms with van der Waals surface area (Å²) >= 11 is 0. The van der Waals surface area contributed by atoms with E-state index in [1.54, 1.807) is 18.3 Å². The molecule has 2 aromatic carbocycles. The van der Waals surface area contributed by atoms with Crippen LogP contribution in [0.5, 0.6) is 0 Å². The standard InChI is InChI=1S/C34H35N9O/c1-4-8-23-17-24(25-18-26(21-35-20-25)37-34(44)22-9-6-5-7-10-22)19-27-29(40-42(3)31(23)27)33-38-30-28(11-12-36-32(30)39-33)43-15-13-41(2)14-16-43/h5-7,9-12,17-21H,4,8,13-16H2,1-3H3,(H,37,44)(H,36,38,39). The predicted molar refractivity (Wildman–Crippen MR) is 175 cm³/mol. The molecule has 0 bridgehead atoms. The van der Waals surface area contributed by atoms with Crippen molar-refractivity contribution in [3.63, 3.8) is 0 Å². The van der Waals surface area contributed by atoms with E-state index in [2.05, 4.69) is 62.2 Å². The van der Waals surface area contributed by atoms with Crippen molar-refractivity contribution in [3.05, 3.63) is 84.3 Å². The first-order valence-electron chi connectivity index (χ1n) is 15.1. The Kier molecular flexibility index (Phi) is 7.27. The van der Waals surface area contributed by atoms with E-state index in [4.69, 9.17) is 10.1 Å². The zero-order valence-electron chi connectivity index (χ0n) is 25.2. The average molecular weight is 586 g/mol. The van der Waals surface area contributed by atoms with E-state index in [9.17, 15) is 4.79 Å². The molecule has 1 aliphatic heterocycles. The summed E-state index contributed by atoms with van der Waals surface area (Å²) in [6.45, 7) is 6.13. The second-order valence-corrected chi connectivity index (χ2v) is 11.4. The van der Waals surface area contributed by atoms with E-state index in [1.807, 2.05) is 48.4 Å². The lowest BCUT2D eigenvalue weighted by Crippen LogP contribution is -2.44. The highest BCUT2D eigenvalue weighted by Gasteiger charge is 2.22. The smallest absolute Gasteiger partial charge is 0.255 e. The molecule has 1 fully saturated rings. The molecule has 0 spiro atoms. The number of fused-ring (bicyclic) bond motifs is 2. The van der Waals surface area contributed by atoms with Gasteiger partial charge in [-0.3, -0.25) is 14.5 Å². The van der Waals surface area contributed by atoms with E-state index in [-0.39, 0.29) is 5.91 Å². The molecule has 0 aliphatic carbocycles. The first kappa shape index (κ1) is 27.7. The summed E-state index contributed by atoms with van der Waals surface area (Å²) < 4.78 is 1.95. The zero-order valence-corrected chi connectivity index (χ0v) is 25.2. The SMILES string of the molecule is CCCc1cc(-c2cncc(NC(=O)c3ccccc3)c2)cc2c(-c3nc4nccc(N5CCN(C)CC5)c4[nH]3)nn(C)c12. The van der Waals surface area contributed by atoms with Gasteiger partial charge in [0.25, 0.3) is 5.91 Å². The molecule has 2 N–H and O–H groups in total. The fourth-order valence-corrected chi connectivity index (χ4v) is 6.09. The number of benzene rings is 2. The summed E-state index contributed by atoms with van der Waals surface area (Å²) in [6.07, 6.45) is 7.23. The van der Waals surface area contributed by atoms with Crippen molar-refractivity contribution in [2.45, 2.75) is 19.8 Å². The third-order valence-electron chi connectivity index (χ3n) is 8.34. The molecule has 10 heteroatoms. The summed E-state index contributed by atoms with van der Waals surface area (Å²) in [5.74, 6) is 0.525. The van der Waals surface area contributed by atoms with Gasteiger partial charge < -0.3 is 20.1 Å². The van der Waals surface area contributed by atoms with Crippen molar-refractivity contribution in [2.24, 2.45) is 7.05 Å². The monoisotopic (exact) mass is 585 g/mol. The lowest BCUT2D eigenvalue weighted by Gasteiger charge is -2.34. The Labute approximate surface area is 255 Å². The summed E-state index contributed by atoms with van der Waals surface area (Å²) in [5, 5.41) is 8.97. The molecular formula is C34H35N9O.